The molecule has 33 heavy (non-hydrogen) atoms. The van der Waals surface area contributed by atoms with E-state index in [1.807, 2.05) is 6.07 Å². The Balaban J connectivity index is 1.82. The Kier molecular flexibility index (Phi) is 7.09. The summed E-state index contributed by atoms with van der Waals surface area (Å²) in [5, 5.41) is 13.4. The van der Waals surface area contributed by atoms with Crippen LogP contribution in [0.3, 0.4) is 0 Å². The molecule has 3 heterocycles. The van der Waals surface area contributed by atoms with Crippen molar-refractivity contribution < 1.29 is 23.8 Å². The van der Waals surface area contributed by atoms with Crippen LogP contribution in [0.15, 0.2) is 39.7 Å². The molecule has 0 aromatic carbocycles. The number of amides is 2. The number of hydrogen-bond donors (Lipinski definition) is 2. The normalized spacial score (nSPS) is 15.7. The molecular formula is C24H31N3O6. The van der Waals surface area contributed by atoms with Crippen LogP contribution in [0.1, 0.15) is 57.2 Å². The highest BCUT2D eigenvalue weighted by atomic mass is 16.6. The third-order valence-electron chi connectivity index (χ3n) is 5.59. The van der Waals surface area contributed by atoms with Gasteiger partial charge in [0.15, 0.2) is 5.76 Å². The number of carbonyl (C=O) groups excluding carboxylic acids is 2. The first-order chi connectivity index (χ1) is 15.5. The van der Waals surface area contributed by atoms with Crippen LogP contribution in [0.4, 0.5) is 4.79 Å². The topological polar surface area (TPSA) is 122 Å². The average molecular weight is 458 g/mol. The van der Waals surface area contributed by atoms with Gasteiger partial charge >= 0.3 is 6.09 Å². The molecule has 178 valence electrons. The van der Waals surface area contributed by atoms with Gasteiger partial charge in [-0.05, 0) is 52.7 Å². The summed E-state index contributed by atoms with van der Waals surface area (Å²) in [6, 6.07) is 6.65. The Labute approximate surface area is 192 Å². The summed E-state index contributed by atoms with van der Waals surface area (Å²) in [5.74, 6) is -0.335. The van der Waals surface area contributed by atoms with Crippen LogP contribution in [0.2, 0.25) is 0 Å². The lowest BCUT2D eigenvalue weighted by Gasteiger charge is -2.41. The minimum Gasteiger partial charge on any atom is -0.502 e. The Bertz CT molecular complexity index is 1050. The minimum atomic E-state index is -0.942. The molecule has 0 bridgehead atoms. The van der Waals surface area contributed by atoms with Crippen molar-refractivity contribution in [1.29, 1.82) is 0 Å². The van der Waals surface area contributed by atoms with E-state index in [1.165, 1.54) is 6.07 Å². The van der Waals surface area contributed by atoms with Gasteiger partial charge in [0.05, 0.1) is 12.2 Å². The van der Waals surface area contributed by atoms with Gasteiger partial charge in [0, 0.05) is 37.2 Å². The van der Waals surface area contributed by atoms with Gasteiger partial charge in [-0.1, -0.05) is 6.07 Å². The Hall–Kier alpha value is -3.36. The summed E-state index contributed by atoms with van der Waals surface area (Å²) in [4.78, 5) is 43.4. The highest BCUT2D eigenvalue weighted by molar-refractivity contribution is 5.78. The number of rotatable bonds is 5. The molecule has 2 aromatic heterocycles. The maximum Gasteiger partial charge on any atom is 0.410 e. The van der Waals surface area contributed by atoms with E-state index >= 15 is 0 Å². The number of pyridine rings is 1. The van der Waals surface area contributed by atoms with Gasteiger partial charge in [-0.2, -0.15) is 0 Å². The third-order valence-corrected chi connectivity index (χ3v) is 5.59. The summed E-state index contributed by atoms with van der Waals surface area (Å²) >= 11 is 0. The van der Waals surface area contributed by atoms with E-state index in [1.54, 1.807) is 50.9 Å². The second-order valence-electron chi connectivity index (χ2n) is 9.42. The number of hydrogen-bond acceptors (Lipinski definition) is 7. The number of nitrogens with zero attached hydrogens (tertiary/aromatic N) is 2. The minimum absolute atomic E-state index is 0.0120. The number of likely N-dealkylation sites (tertiary alicyclic amines) is 1. The van der Waals surface area contributed by atoms with Crippen molar-refractivity contribution in [3.8, 4) is 5.75 Å². The van der Waals surface area contributed by atoms with Crippen molar-refractivity contribution in [2.24, 2.45) is 0 Å². The molecule has 0 unspecified atom stereocenters. The lowest BCUT2D eigenvalue weighted by molar-refractivity contribution is -0.123. The quantitative estimate of drug-likeness (QED) is 0.708. The largest absolute Gasteiger partial charge is 0.502 e. The first-order valence-electron chi connectivity index (χ1n) is 11.0. The molecular weight excluding hydrogens is 426 g/mol. The molecule has 0 aliphatic carbocycles. The van der Waals surface area contributed by atoms with E-state index in [4.69, 9.17) is 9.15 Å². The van der Waals surface area contributed by atoms with Crippen molar-refractivity contribution in [3.05, 3.63) is 57.9 Å². The van der Waals surface area contributed by atoms with Crippen molar-refractivity contribution in [2.45, 2.75) is 64.5 Å². The van der Waals surface area contributed by atoms with E-state index in [0.29, 0.717) is 37.4 Å². The zero-order valence-corrected chi connectivity index (χ0v) is 19.5. The van der Waals surface area contributed by atoms with E-state index < -0.39 is 28.3 Å². The lowest BCUT2D eigenvalue weighted by Crippen LogP contribution is -2.48. The van der Waals surface area contributed by atoms with Crippen LogP contribution in [-0.2, 0) is 21.5 Å². The lowest BCUT2D eigenvalue weighted by atomic mass is 9.72. The predicted molar refractivity (Wildman–Crippen MR) is 121 cm³/mol. The molecule has 2 aromatic rings. The standard InChI is InChI=1S/C24H31N3O6/c1-16-13-18(28)20(30)21(32-16)24(14-19(29)26-15-17-7-5-6-10-25-17)8-11-27(12-9-24)22(31)33-23(2,3)4/h5-7,10,13,30H,8-9,11-12,14-15H2,1-4H3,(H,26,29). The summed E-state index contributed by atoms with van der Waals surface area (Å²) in [6.07, 6.45) is 1.84. The first kappa shape index (κ1) is 24.3. The van der Waals surface area contributed by atoms with Gasteiger partial charge in [-0.25, -0.2) is 4.79 Å². The zero-order valence-electron chi connectivity index (χ0n) is 19.5. The molecule has 9 nitrogen and oxygen atoms in total. The number of carbonyl (C=O) groups is 2. The van der Waals surface area contributed by atoms with Crippen LogP contribution in [0, 0.1) is 6.92 Å². The highest BCUT2D eigenvalue weighted by Crippen LogP contribution is 2.42. The molecule has 0 atom stereocenters. The number of aromatic nitrogens is 1. The van der Waals surface area contributed by atoms with Crippen LogP contribution < -0.4 is 10.7 Å². The van der Waals surface area contributed by atoms with Crippen molar-refractivity contribution >= 4 is 12.0 Å². The predicted octanol–water partition coefficient (Wildman–Crippen LogP) is 3.02. The van der Waals surface area contributed by atoms with Crippen LogP contribution >= 0.6 is 0 Å². The van der Waals surface area contributed by atoms with Crippen LogP contribution in [0.25, 0.3) is 0 Å². The third kappa shape index (κ3) is 6.12. The number of nitrogens with one attached hydrogen (secondary N) is 1. The molecule has 2 amide bonds. The van der Waals surface area contributed by atoms with E-state index in [-0.39, 0.29) is 24.6 Å². The maximum atomic E-state index is 12.9. The maximum absolute atomic E-state index is 12.9. The van der Waals surface area contributed by atoms with E-state index in [0.717, 1.165) is 0 Å². The summed E-state index contributed by atoms with van der Waals surface area (Å²) < 4.78 is 11.3. The molecule has 1 aliphatic heterocycles. The smallest absolute Gasteiger partial charge is 0.410 e. The fourth-order valence-corrected chi connectivity index (χ4v) is 3.95. The molecule has 0 spiro atoms. The molecule has 2 N–H and O–H groups in total. The van der Waals surface area contributed by atoms with Gasteiger partial charge < -0.3 is 24.5 Å². The highest BCUT2D eigenvalue weighted by Gasteiger charge is 2.44. The number of piperidine rings is 1. The van der Waals surface area contributed by atoms with Crippen molar-refractivity contribution in [1.82, 2.24) is 15.2 Å². The Morgan fingerprint density at radius 2 is 1.97 bits per heavy atom. The van der Waals surface area contributed by atoms with E-state index in [2.05, 4.69) is 10.3 Å². The molecule has 3 rings (SSSR count). The molecule has 0 saturated carbocycles. The zero-order chi connectivity index (χ0) is 24.2. The number of aromatic hydroxyl groups is 1. The SMILES string of the molecule is Cc1cc(=O)c(O)c(C2(CC(=O)NCc3ccccn3)CCN(C(=O)OC(C)(C)C)CC2)o1. The van der Waals surface area contributed by atoms with Crippen LogP contribution in [-0.4, -0.2) is 45.7 Å². The van der Waals surface area contributed by atoms with Gasteiger partial charge in [-0.3, -0.25) is 14.6 Å². The van der Waals surface area contributed by atoms with Gasteiger partial charge in [0.1, 0.15) is 11.4 Å². The first-order valence-corrected chi connectivity index (χ1v) is 11.0. The Morgan fingerprint density at radius 1 is 1.27 bits per heavy atom. The van der Waals surface area contributed by atoms with Crippen molar-refractivity contribution in [3.63, 3.8) is 0 Å². The molecule has 0 radical (unpaired) electrons. The van der Waals surface area contributed by atoms with Gasteiger partial charge in [0.2, 0.25) is 17.1 Å². The Morgan fingerprint density at radius 3 is 2.58 bits per heavy atom. The summed E-state index contributed by atoms with van der Waals surface area (Å²) in [7, 11) is 0. The van der Waals surface area contributed by atoms with Gasteiger partial charge in [0.25, 0.3) is 0 Å². The average Bonchev–Trinajstić information content (AvgIpc) is 2.74. The number of aryl methyl sites for hydroxylation is 1. The molecule has 1 saturated heterocycles. The fraction of sp³-hybridized carbons (Fsp3) is 0.500. The molecule has 9 heteroatoms. The fourth-order valence-electron chi connectivity index (χ4n) is 3.95. The van der Waals surface area contributed by atoms with E-state index in [9.17, 15) is 19.5 Å². The number of ether oxygens (including phenoxy) is 1. The second kappa shape index (κ2) is 9.64. The monoisotopic (exact) mass is 457 g/mol. The molecule has 1 aliphatic rings. The van der Waals surface area contributed by atoms with Gasteiger partial charge in [-0.15, -0.1) is 0 Å². The summed E-state index contributed by atoms with van der Waals surface area (Å²) in [5.41, 5.74) is -1.42. The molecule has 1 fully saturated rings. The van der Waals surface area contributed by atoms with Crippen molar-refractivity contribution in [2.75, 3.05) is 13.1 Å². The van der Waals surface area contributed by atoms with Crippen LogP contribution in [0.5, 0.6) is 5.75 Å². The summed E-state index contributed by atoms with van der Waals surface area (Å²) in [6.45, 7) is 7.84. The second-order valence-corrected chi connectivity index (χ2v) is 9.42.